The van der Waals surface area contributed by atoms with Crippen LogP contribution in [0, 0.1) is 0 Å². The van der Waals surface area contributed by atoms with E-state index in [4.69, 9.17) is 20.4 Å². The monoisotopic (exact) mass is 172 g/mol. The Balaban J connectivity index is -0.000000115. The summed E-state index contributed by atoms with van der Waals surface area (Å²) in [6.45, 7) is 0. The van der Waals surface area contributed by atoms with Gasteiger partial charge >= 0.3 is 6.03 Å². The first-order valence-electron chi connectivity index (χ1n) is 2.12. The Morgan fingerprint density at radius 2 is 1.58 bits per heavy atom. The van der Waals surface area contributed by atoms with Crippen molar-refractivity contribution in [2.75, 3.05) is 0 Å². The lowest BCUT2D eigenvalue weighted by Gasteiger charge is -1.79. The molecule has 0 unspecified atom stereocenters. The minimum absolute atomic E-state index is 0.225. The molecule has 8 heteroatoms. The fraction of sp³-hybridized carbons (Fsp3) is 0. The summed E-state index contributed by atoms with van der Waals surface area (Å²) in [7, 11) is 0. The van der Waals surface area contributed by atoms with E-state index in [1.54, 1.807) is 5.32 Å². The first-order valence-corrected chi connectivity index (χ1v) is 2.12. The number of hydrogen-bond donors (Lipinski definition) is 2. The zero-order valence-electron chi connectivity index (χ0n) is 5.68. The fourth-order valence-electron chi connectivity index (χ4n) is 0.0581. The van der Waals surface area contributed by atoms with Crippen LogP contribution < -0.4 is 11.1 Å². The van der Waals surface area contributed by atoms with Crippen LogP contribution in [-0.4, -0.2) is 24.6 Å². The molecule has 66 valence electrons. The third kappa shape index (κ3) is 705. The van der Waals surface area contributed by atoms with Gasteiger partial charge in [0.1, 0.15) is 0 Å². The van der Waals surface area contributed by atoms with Gasteiger partial charge in [-0.3, -0.25) is 19.7 Å². The highest BCUT2D eigenvalue weighted by atomic mass is 16.2. The van der Waals surface area contributed by atoms with Gasteiger partial charge in [0.05, 0.1) is 0 Å². The van der Waals surface area contributed by atoms with Crippen molar-refractivity contribution in [3.05, 3.63) is 10.8 Å². The number of carbonyl (C=O) groups excluding carboxylic acids is 4. The van der Waals surface area contributed by atoms with Crippen molar-refractivity contribution in [1.82, 2.24) is 5.32 Å². The maximum Gasteiger partial charge on any atom is 0.318 e. The summed E-state index contributed by atoms with van der Waals surface area (Å²) in [6.07, 6.45) is 1.22. The van der Waals surface area contributed by atoms with Gasteiger partial charge in [0.15, 0.2) is 0 Å². The maximum absolute atomic E-state index is 9.48. The van der Waals surface area contributed by atoms with E-state index in [1.165, 1.54) is 0 Å². The highest BCUT2D eigenvalue weighted by Gasteiger charge is 1.79. The van der Waals surface area contributed by atoms with E-state index < -0.39 is 6.03 Å². The quantitative estimate of drug-likeness (QED) is 0.283. The van der Waals surface area contributed by atoms with Gasteiger partial charge in [0, 0.05) is 0 Å². The number of primary amides is 1. The zero-order chi connectivity index (χ0) is 10.4. The molecule has 0 aromatic carbocycles. The smallest absolute Gasteiger partial charge is 0.318 e. The van der Waals surface area contributed by atoms with Crippen LogP contribution in [0.2, 0.25) is 0 Å². The largest absolute Gasteiger partial charge is 0.724 e. The lowest BCUT2D eigenvalue weighted by molar-refractivity contribution is -0.108. The highest BCUT2D eigenvalue weighted by molar-refractivity contribution is 5.82. The fourth-order valence-corrected chi connectivity index (χ4v) is 0.0581. The van der Waals surface area contributed by atoms with Crippen molar-refractivity contribution in [2.45, 2.75) is 0 Å². The van der Waals surface area contributed by atoms with Crippen molar-refractivity contribution in [1.29, 1.82) is 0 Å². The third-order valence-electron chi connectivity index (χ3n) is 0.201. The van der Waals surface area contributed by atoms with Crippen molar-refractivity contribution >= 4 is 24.6 Å². The molecule has 3 N–H and O–H groups in total. The molecule has 0 heterocycles. The van der Waals surface area contributed by atoms with Crippen LogP contribution in [0.5, 0.6) is 0 Å². The van der Waals surface area contributed by atoms with E-state index in [1.807, 2.05) is 0 Å². The summed E-state index contributed by atoms with van der Waals surface area (Å²) in [6, 6.07) is -0.829. The predicted molar refractivity (Wildman–Crippen MR) is 36.9 cm³/mol. The zero-order valence-corrected chi connectivity index (χ0v) is 5.68. The normalized spacial score (nSPS) is 4.67. The van der Waals surface area contributed by atoms with E-state index in [9.17, 15) is 9.59 Å². The first-order chi connectivity index (χ1) is 5.60. The van der Waals surface area contributed by atoms with E-state index in [0.717, 1.165) is 0 Å². The van der Waals surface area contributed by atoms with Gasteiger partial charge in [0.25, 0.3) is 0 Å². The Morgan fingerprint density at radius 3 is 1.58 bits per heavy atom. The molecule has 12 heavy (non-hydrogen) atoms. The highest BCUT2D eigenvalue weighted by Crippen LogP contribution is 1.41. The molecule has 0 aliphatic heterocycles. The van der Waals surface area contributed by atoms with Crippen LogP contribution >= 0.6 is 0 Å². The lowest BCUT2D eigenvalue weighted by Crippen LogP contribution is -2.27. The molecule has 0 aromatic heterocycles. The standard InChI is InChI=1S/C2H4N2O2.2CNO/c3-2(6)4-1-5;2*2-1-3/h1H,(H3,3,4,5,6);;/q;2*-1. The minimum Gasteiger partial charge on any atom is -0.724 e. The number of nitrogens with one attached hydrogen (secondary N) is 1. The first kappa shape index (κ1) is 16.4. The second-order valence-corrected chi connectivity index (χ2v) is 0.809. The molecule has 0 spiro atoms. The molecule has 0 aromatic rings. The third-order valence-corrected chi connectivity index (χ3v) is 0.201. The Hall–Kier alpha value is -2.30. The second-order valence-electron chi connectivity index (χ2n) is 0.809. The Kier molecular flexibility index (Phi) is 31.8. The summed E-state index contributed by atoms with van der Waals surface area (Å²) in [5, 5.41) is 15.2. The van der Waals surface area contributed by atoms with Gasteiger partial charge < -0.3 is 16.6 Å². The summed E-state index contributed by atoms with van der Waals surface area (Å²) in [5.41, 5.74) is 4.42. The van der Waals surface area contributed by atoms with Gasteiger partial charge in [-0.25, -0.2) is 4.79 Å². The molecule has 0 fully saturated rings. The maximum atomic E-state index is 9.48. The number of carbonyl (C=O) groups is 2. The average molecular weight is 172 g/mol. The second kappa shape index (κ2) is 23.4. The molecule has 0 bridgehead atoms. The Morgan fingerprint density at radius 1 is 1.33 bits per heavy atom. The molecule has 0 aliphatic rings. The van der Waals surface area contributed by atoms with Gasteiger partial charge in [0.2, 0.25) is 6.41 Å². The van der Waals surface area contributed by atoms with Crippen LogP contribution in [0.3, 0.4) is 0 Å². The molecule has 0 rings (SSSR count). The molecule has 3 amide bonds. The number of rotatable bonds is 1. The molecule has 8 nitrogen and oxygen atoms in total. The number of isocyanates is 2. The minimum atomic E-state index is -0.829. The number of imide groups is 1. The van der Waals surface area contributed by atoms with E-state index >= 15 is 0 Å². The summed E-state index contributed by atoms with van der Waals surface area (Å²) < 4.78 is 0. The van der Waals surface area contributed by atoms with Crippen LogP contribution in [0.25, 0.3) is 10.8 Å². The summed E-state index contributed by atoms with van der Waals surface area (Å²) in [4.78, 5) is 35.2. The van der Waals surface area contributed by atoms with Crippen molar-refractivity contribution in [2.24, 2.45) is 5.73 Å². The van der Waals surface area contributed by atoms with E-state index in [0.29, 0.717) is 12.2 Å². The number of urea groups is 1. The molecule has 0 saturated carbocycles. The lowest BCUT2D eigenvalue weighted by atomic mass is 11.0. The van der Waals surface area contributed by atoms with Gasteiger partial charge in [-0.15, -0.1) is 0 Å². The van der Waals surface area contributed by atoms with Gasteiger partial charge in [-0.2, -0.15) is 0 Å². The van der Waals surface area contributed by atoms with Crippen LogP contribution in [-0.2, 0) is 14.4 Å². The van der Waals surface area contributed by atoms with Crippen LogP contribution in [0.1, 0.15) is 0 Å². The SMILES string of the molecule is NC(=O)NC=O.[N-]=C=O.[N-]=C=O. The Bertz CT molecular complexity index is 177. The van der Waals surface area contributed by atoms with E-state index in [-0.39, 0.29) is 6.41 Å². The topological polar surface area (TPSA) is 151 Å². The summed E-state index contributed by atoms with van der Waals surface area (Å²) in [5.74, 6) is 0. The van der Waals surface area contributed by atoms with Crippen LogP contribution in [0.4, 0.5) is 4.79 Å². The average Bonchev–Trinajstić information content (AvgIpc) is 1.89. The Labute approximate surface area is 66.8 Å². The van der Waals surface area contributed by atoms with E-state index in [2.05, 4.69) is 5.73 Å². The van der Waals surface area contributed by atoms with Crippen molar-refractivity contribution in [3.8, 4) is 0 Å². The molecule has 0 atom stereocenters. The summed E-state index contributed by atoms with van der Waals surface area (Å²) >= 11 is 0. The molecule has 0 saturated heterocycles. The number of nitrogens with two attached hydrogens (primary N) is 1. The number of amides is 3. The molecule has 0 aliphatic carbocycles. The molecule has 0 radical (unpaired) electrons. The number of nitrogens with zero attached hydrogens (tertiary/aromatic N) is 2. The number of hydrogen-bond acceptors (Lipinski definition) is 4. The van der Waals surface area contributed by atoms with Gasteiger partial charge in [-0.05, 0) is 12.2 Å². The van der Waals surface area contributed by atoms with Crippen molar-refractivity contribution in [3.63, 3.8) is 0 Å². The predicted octanol–water partition coefficient (Wildman–Crippen LogP) is -1.41. The molecular weight excluding hydrogens is 168 g/mol. The van der Waals surface area contributed by atoms with Crippen LogP contribution in [0.15, 0.2) is 0 Å². The molecular formula is C4H4N4O4-2. The van der Waals surface area contributed by atoms with Gasteiger partial charge in [-0.1, -0.05) is 0 Å². The van der Waals surface area contributed by atoms with Crippen molar-refractivity contribution < 1.29 is 19.2 Å².